The Morgan fingerprint density at radius 1 is 0.824 bits per heavy atom. The van der Waals surface area contributed by atoms with E-state index >= 15 is 0 Å². The molecule has 2 rings (SSSR count). The third kappa shape index (κ3) is 6.45. The maximum absolute atomic E-state index is 10.2. The van der Waals surface area contributed by atoms with Crippen LogP contribution >= 0.6 is 15.2 Å². The van der Waals surface area contributed by atoms with Gasteiger partial charge in [0.25, 0.3) is 0 Å². The normalized spacial score (nSPS) is 35.2. The van der Waals surface area contributed by atoms with Crippen molar-refractivity contribution in [3.8, 4) is 0 Å². The second-order valence-corrected chi connectivity index (χ2v) is 7.02. The third-order valence-corrected chi connectivity index (χ3v) is 4.43. The van der Waals surface area contributed by atoms with Gasteiger partial charge in [-0.25, -0.2) is 0 Å². The van der Waals surface area contributed by atoms with E-state index in [9.17, 15) is 9.13 Å². The topological polar surface area (TPSA) is 140 Å². The Labute approximate surface area is 128 Å². The molecule has 0 amide bonds. The molecular formula is C6H16CaO8P2. The minimum absolute atomic E-state index is 0. The Hall–Kier alpha value is 1.48. The molecule has 17 heavy (non-hydrogen) atoms. The number of ether oxygens (including phenoxy) is 2. The Kier molecular flexibility index (Phi) is 6.83. The summed E-state index contributed by atoms with van der Waals surface area (Å²) in [6.45, 7) is 3.26. The van der Waals surface area contributed by atoms with Crippen LogP contribution in [-0.4, -0.2) is 81.2 Å². The number of hydrogen-bond acceptors (Lipinski definition) is 4. The molecule has 0 bridgehead atoms. The molecule has 11 heteroatoms. The van der Waals surface area contributed by atoms with Crippen molar-refractivity contribution in [3.05, 3.63) is 0 Å². The quantitative estimate of drug-likeness (QED) is 0.286. The molecule has 2 heterocycles. The van der Waals surface area contributed by atoms with Crippen LogP contribution in [0.1, 0.15) is 13.8 Å². The Balaban J connectivity index is 0.000000284. The monoisotopic (exact) mass is 318 g/mol. The molecule has 2 aliphatic rings. The first-order chi connectivity index (χ1) is 7.03. The molecule has 0 radical (unpaired) electrons. The summed E-state index contributed by atoms with van der Waals surface area (Å²) in [4.78, 5) is 33.3. The van der Waals surface area contributed by atoms with Crippen molar-refractivity contribution in [1.82, 2.24) is 0 Å². The van der Waals surface area contributed by atoms with Crippen LogP contribution in [-0.2, 0) is 18.6 Å². The molecule has 0 spiro atoms. The summed E-state index contributed by atoms with van der Waals surface area (Å²) in [7, 11) is -7.81. The van der Waals surface area contributed by atoms with Crippen LogP contribution in [0.25, 0.3) is 0 Å². The van der Waals surface area contributed by atoms with Gasteiger partial charge in [0.05, 0.1) is 12.2 Å². The summed E-state index contributed by atoms with van der Waals surface area (Å²) in [5.74, 6) is -1.63. The first-order valence-corrected chi connectivity index (χ1v) is 7.81. The van der Waals surface area contributed by atoms with Crippen molar-refractivity contribution in [2.75, 3.05) is 0 Å². The Morgan fingerprint density at radius 2 is 1.00 bits per heavy atom. The molecule has 4 atom stereocenters. The van der Waals surface area contributed by atoms with Crippen molar-refractivity contribution in [2.45, 2.75) is 37.7 Å². The zero-order valence-electron chi connectivity index (χ0n) is 8.63. The van der Waals surface area contributed by atoms with Crippen LogP contribution in [0.2, 0.25) is 0 Å². The van der Waals surface area contributed by atoms with Gasteiger partial charge in [-0.3, -0.25) is 9.13 Å². The third-order valence-electron chi connectivity index (χ3n) is 2.02. The molecule has 100 valence electrons. The van der Waals surface area contributed by atoms with Crippen molar-refractivity contribution in [3.63, 3.8) is 0 Å². The van der Waals surface area contributed by atoms with Crippen molar-refractivity contribution in [2.24, 2.45) is 0 Å². The maximum atomic E-state index is 10.2. The summed E-state index contributed by atoms with van der Waals surface area (Å²) in [6.07, 6.45) is -0.508. The van der Waals surface area contributed by atoms with Crippen LogP contribution < -0.4 is 0 Å². The summed E-state index contributed by atoms with van der Waals surface area (Å²) >= 11 is 0. The van der Waals surface area contributed by atoms with E-state index in [0.29, 0.717) is 0 Å². The molecule has 4 N–H and O–H groups in total. The summed E-state index contributed by atoms with van der Waals surface area (Å²) < 4.78 is 29.4. The van der Waals surface area contributed by atoms with Crippen molar-refractivity contribution < 1.29 is 38.2 Å². The molecule has 0 aromatic heterocycles. The number of rotatable bonds is 2. The molecule has 2 aliphatic heterocycles. The minimum atomic E-state index is -3.90. The predicted molar refractivity (Wildman–Crippen MR) is 61.3 cm³/mol. The van der Waals surface area contributed by atoms with Crippen LogP contribution in [0, 0.1) is 0 Å². The summed E-state index contributed by atoms with van der Waals surface area (Å²) in [5, 5.41) is 0. The van der Waals surface area contributed by atoms with E-state index in [1.165, 1.54) is 0 Å². The first kappa shape index (κ1) is 18.5. The molecule has 2 saturated heterocycles. The van der Waals surface area contributed by atoms with E-state index in [1.54, 1.807) is 13.8 Å². The van der Waals surface area contributed by atoms with Crippen LogP contribution in [0.4, 0.5) is 0 Å². The van der Waals surface area contributed by atoms with Crippen LogP contribution in [0.15, 0.2) is 0 Å². The van der Waals surface area contributed by atoms with Gasteiger partial charge in [-0.2, -0.15) is 0 Å². The van der Waals surface area contributed by atoms with Gasteiger partial charge in [0, 0.05) is 0 Å². The van der Waals surface area contributed by atoms with Gasteiger partial charge in [0.15, 0.2) is 11.7 Å². The molecule has 0 aliphatic carbocycles. The van der Waals surface area contributed by atoms with E-state index in [-0.39, 0.29) is 49.9 Å². The molecule has 2 fully saturated rings. The Morgan fingerprint density at radius 3 is 1.00 bits per heavy atom. The molecule has 8 nitrogen and oxygen atoms in total. The number of epoxide rings is 2. The summed E-state index contributed by atoms with van der Waals surface area (Å²) in [6, 6.07) is 0. The van der Waals surface area contributed by atoms with E-state index in [1.807, 2.05) is 0 Å². The molecule has 0 aromatic rings. The molecule has 0 aromatic carbocycles. The van der Waals surface area contributed by atoms with Gasteiger partial charge in [0.1, 0.15) is 0 Å². The van der Waals surface area contributed by atoms with Crippen molar-refractivity contribution >= 4 is 52.9 Å². The van der Waals surface area contributed by atoms with Gasteiger partial charge in [-0.05, 0) is 13.8 Å². The van der Waals surface area contributed by atoms with E-state index in [4.69, 9.17) is 19.6 Å². The molecule has 0 unspecified atom stereocenters. The zero-order chi connectivity index (χ0) is 12.7. The predicted octanol–water partition coefficient (Wildman–Crippen LogP) is -1.10. The van der Waals surface area contributed by atoms with E-state index in [0.717, 1.165) is 0 Å². The van der Waals surface area contributed by atoms with Crippen molar-refractivity contribution in [1.29, 1.82) is 0 Å². The van der Waals surface area contributed by atoms with Gasteiger partial charge < -0.3 is 29.0 Å². The van der Waals surface area contributed by atoms with E-state index < -0.39 is 26.9 Å². The molecular weight excluding hydrogens is 302 g/mol. The average Bonchev–Trinajstić information content (AvgIpc) is 2.86. The van der Waals surface area contributed by atoms with E-state index in [2.05, 4.69) is 9.47 Å². The fraction of sp³-hybridized carbons (Fsp3) is 1.00. The van der Waals surface area contributed by atoms with Gasteiger partial charge >= 0.3 is 52.9 Å². The standard InChI is InChI=1S/2C3H7O4P.Ca.2H/c2*1-2-3(7-2)8(4,5)6;;;/h2*2-3H,1H3,(H2,4,5,6);;;/t2*2-,3+;;;/m00.../s1. The zero-order valence-corrected chi connectivity index (χ0v) is 10.4. The van der Waals surface area contributed by atoms with Crippen LogP contribution in [0.3, 0.4) is 0 Å². The second kappa shape index (κ2) is 6.29. The van der Waals surface area contributed by atoms with Gasteiger partial charge in [0.2, 0.25) is 0 Å². The fourth-order valence-electron chi connectivity index (χ4n) is 1.05. The van der Waals surface area contributed by atoms with Crippen LogP contribution in [0.5, 0.6) is 0 Å². The van der Waals surface area contributed by atoms with Gasteiger partial charge in [-0.1, -0.05) is 0 Å². The SMILES string of the molecule is C[C@@H]1O[C@@H]1P(=O)(O)O.C[C@@H]1O[C@@H]1P(=O)(O)O.[CaH2]. The Bertz CT molecular complexity index is 316. The fourth-order valence-corrected chi connectivity index (χ4v) is 2.85. The molecule has 0 saturated carbocycles. The van der Waals surface area contributed by atoms with Gasteiger partial charge in [-0.15, -0.1) is 0 Å². The number of hydrogen-bond donors (Lipinski definition) is 4. The second-order valence-electron chi connectivity index (χ2n) is 3.64. The summed E-state index contributed by atoms with van der Waals surface area (Å²) in [5.41, 5.74) is 0. The average molecular weight is 318 g/mol. The first-order valence-electron chi connectivity index (χ1n) is 4.45.